The summed E-state index contributed by atoms with van der Waals surface area (Å²) in [4.78, 5) is 30.0. The first-order valence-corrected chi connectivity index (χ1v) is 7.60. The summed E-state index contributed by atoms with van der Waals surface area (Å²) in [5.41, 5.74) is 1.85. The Morgan fingerprint density at radius 2 is 2.10 bits per heavy atom. The molecule has 21 heavy (non-hydrogen) atoms. The average Bonchev–Trinajstić information content (AvgIpc) is 2.88. The SMILES string of the molecule is CC(SCC(=O)N[C@H](C)C(=O)O)c1nc2ccccc2[nH]1. The van der Waals surface area contributed by atoms with Gasteiger partial charge < -0.3 is 15.4 Å². The van der Waals surface area contributed by atoms with E-state index in [2.05, 4.69) is 15.3 Å². The fourth-order valence-corrected chi connectivity index (χ4v) is 2.54. The van der Waals surface area contributed by atoms with Crippen LogP contribution >= 0.6 is 11.8 Å². The van der Waals surface area contributed by atoms with Crippen LogP contribution in [0.3, 0.4) is 0 Å². The van der Waals surface area contributed by atoms with E-state index in [0.717, 1.165) is 16.9 Å². The highest BCUT2D eigenvalue weighted by Crippen LogP contribution is 2.27. The van der Waals surface area contributed by atoms with Gasteiger partial charge >= 0.3 is 5.97 Å². The Labute approximate surface area is 126 Å². The van der Waals surface area contributed by atoms with Gasteiger partial charge in [0.05, 0.1) is 22.0 Å². The minimum Gasteiger partial charge on any atom is -0.480 e. The monoisotopic (exact) mass is 307 g/mol. The number of nitrogens with one attached hydrogen (secondary N) is 2. The van der Waals surface area contributed by atoms with Crippen molar-refractivity contribution in [1.29, 1.82) is 0 Å². The lowest BCUT2D eigenvalue weighted by atomic mass is 10.3. The molecule has 2 rings (SSSR count). The summed E-state index contributed by atoms with van der Waals surface area (Å²) in [6.07, 6.45) is 0. The molecule has 1 aromatic carbocycles. The third-order valence-corrected chi connectivity index (χ3v) is 4.16. The van der Waals surface area contributed by atoms with Crippen molar-refractivity contribution in [2.45, 2.75) is 25.1 Å². The molecule has 0 aliphatic heterocycles. The standard InChI is InChI=1S/C14H17N3O3S/c1-8(14(19)20)15-12(18)7-21-9(2)13-16-10-5-3-4-6-11(10)17-13/h3-6,8-9H,7H2,1-2H3,(H,15,18)(H,16,17)(H,19,20)/t8-,9?/m1/s1. The minimum absolute atomic E-state index is 0.0169. The van der Waals surface area contributed by atoms with Gasteiger partial charge in [0.2, 0.25) is 5.91 Å². The second-order valence-electron chi connectivity index (χ2n) is 4.72. The Balaban J connectivity index is 1.91. The first-order valence-electron chi connectivity index (χ1n) is 6.56. The molecule has 0 saturated carbocycles. The van der Waals surface area contributed by atoms with Crippen LogP contribution in [-0.4, -0.2) is 38.7 Å². The molecule has 112 valence electrons. The third-order valence-electron chi connectivity index (χ3n) is 3.01. The van der Waals surface area contributed by atoms with Gasteiger partial charge in [0.25, 0.3) is 0 Å². The maximum atomic E-state index is 11.6. The molecule has 1 heterocycles. The molecular formula is C14H17N3O3S. The molecule has 0 saturated heterocycles. The average molecular weight is 307 g/mol. The number of fused-ring (bicyclic) bond motifs is 1. The lowest BCUT2D eigenvalue weighted by Crippen LogP contribution is -2.39. The van der Waals surface area contributed by atoms with Crippen molar-refractivity contribution in [3.05, 3.63) is 30.1 Å². The predicted octanol–water partition coefficient (Wildman–Crippen LogP) is 1.95. The van der Waals surface area contributed by atoms with Crippen molar-refractivity contribution < 1.29 is 14.7 Å². The van der Waals surface area contributed by atoms with Gasteiger partial charge in [0, 0.05) is 0 Å². The Kier molecular flexibility index (Phi) is 4.85. The maximum absolute atomic E-state index is 11.6. The van der Waals surface area contributed by atoms with Crippen LogP contribution < -0.4 is 5.32 Å². The van der Waals surface area contributed by atoms with E-state index in [9.17, 15) is 9.59 Å². The van der Waals surface area contributed by atoms with Crippen molar-refractivity contribution in [3.8, 4) is 0 Å². The van der Waals surface area contributed by atoms with Gasteiger partial charge in [-0.3, -0.25) is 9.59 Å². The second kappa shape index (κ2) is 6.62. The topological polar surface area (TPSA) is 95.1 Å². The minimum atomic E-state index is -1.04. The normalized spacial score (nSPS) is 13.8. The number of para-hydroxylation sites is 2. The van der Waals surface area contributed by atoms with Gasteiger partial charge in [-0.2, -0.15) is 0 Å². The zero-order chi connectivity index (χ0) is 15.4. The lowest BCUT2D eigenvalue weighted by molar-refractivity contribution is -0.140. The van der Waals surface area contributed by atoms with Crippen molar-refractivity contribution in [2.75, 3.05) is 5.75 Å². The molecule has 0 radical (unpaired) electrons. The number of carbonyl (C=O) groups excluding carboxylic acids is 1. The first-order chi connectivity index (χ1) is 9.97. The van der Waals surface area contributed by atoms with E-state index in [0.29, 0.717) is 0 Å². The fourth-order valence-electron chi connectivity index (χ4n) is 1.79. The molecule has 0 bridgehead atoms. The van der Waals surface area contributed by atoms with Gasteiger partial charge in [0.1, 0.15) is 11.9 Å². The van der Waals surface area contributed by atoms with Gasteiger partial charge in [-0.1, -0.05) is 12.1 Å². The number of carboxylic acid groups (broad SMARTS) is 1. The summed E-state index contributed by atoms with van der Waals surface area (Å²) in [6.45, 7) is 3.39. The van der Waals surface area contributed by atoms with Crippen LogP contribution in [-0.2, 0) is 9.59 Å². The molecule has 6 nitrogen and oxygen atoms in total. The number of H-pyrrole nitrogens is 1. The third kappa shape index (κ3) is 3.98. The molecule has 0 fully saturated rings. The van der Waals surface area contributed by atoms with Crippen LogP contribution in [0.1, 0.15) is 24.9 Å². The number of rotatable bonds is 6. The zero-order valence-corrected chi connectivity index (χ0v) is 12.6. The van der Waals surface area contributed by atoms with E-state index in [1.54, 1.807) is 0 Å². The molecule has 0 spiro atoms. The predicted molar refractivity (Wildman–Crippen MR) is 82.2 cm³/mol. The van der Waals surface area contributed by atoms with E-state index < -0.39 is 12.0 Å². The van der Waals surface area contributed by atoms with Crippen molar-refractivity contribution in [2.24, 2.45) is 0 Å². The highest BCUT2D eigenvalue weighted by atomic mass is 32.2. The summed E-state index contributed by atoms with van der Waals surface area (Å²) in [5, 5.41) is 11.2. The molecule has 1 aromatic heterocycles. The van der Waals surface area contributed by atoms with Crippen LogP contribution in [0.2, 0.25) is 0 Å². The molecule has 1 unspecified atom stereocenters. The highest BCUT2D eigenvalue weighted by Gasteiger charge is 2.16. The summed E-state index contributed by atoms with van der Waals surface area (Å²) < 4.78 is 0. The van der Waals surface area contributed by atoms with Crippen molar-refractivity contribution >= 4 is 34.7 Å². The largest absolute Gasteiger partial charge is 0.480 e. The number of hydrogen-bond donors (Lipinski definition) is 3. The number of nitrogens with zero attached hydrogens (tertiary/aromatic N) is 1. The van der Waals surface area contributed by atoms with E-state index in [-0.39, 0.29) is 16.9 Å². The molecule has 0 aliphatic rings. The number of thioether (sulfide) groups is 1. The molecular weight excluding hydrogens is 290 g/mol. The molecule has 7 heteroatoms. The van der Waals surface area contributed by atoms with Crippen LogP contribution in [0.5, 0.6) is 0 Å². The van der Waals surface area contributed by atoms with Crippen LogP contribution in [0.15, 0.2) is 24.3 Å². The number of carbonyl (C=O) groups is 2. The summed E-state index contributed by atoms with van der Waals surface area (Å²) in [7, 11) is 0. The quantitative estimate of drug-likeness (QED) is 0.758. The number of aliphatic carboxylic acids is 1. The first kappa shape index (κ1) is 15.4. The number of aromatic amines is 1. The van der Waals surface area contributed by atoms with Gasteiger partial charge in [-0.25, -0.2) is 4.98 Å². The fraction of sp³-hybridized carbons (Fsp3) is 0.357. The summed E-state index contributed by atoms with van der Waals surface area (Å²) in [6, 6.07) is 6.85. The Hall–Kier alpha value is -2.02. The second-order valence-corrected chi connectivity index (χ2v) is 6.05. The van der Waals surface area contributed by atoms with E-state index in [1.807, 2.05) is 31.2 Å². The number of amides is 1. The number of carboxylic acids is 1. The number of imidazole rings is 1. The molecule has 1 amide bonds. The van der Waals surface area contributed by atoms with Crippen LogP contribution in [0.4, 0.5) is 0 Å². The van der Waals surface area contributed by atoms with Gasteiger partial charge in [-0.15, -0.1) is 11.8 Å². The Morgan fingerprint density at radius 1 is 1.38 bits per heavy atom. The molecule has 3 N–H and O–H groups in total. The summed E-state index contributed by atoms with van der Waals surface area (Å²) in [5.74, 6) is -0.340. The van der Waals surface area contributed by atoms with E-state index in [1.165, 1.54) is 18.7 Å². The maximum Gasteiger partial charge on any atom is 0.325 e. The van der Waals surface area contributed by atoms with Crippen LogP contribution in [0.25, 0.3) is 11.0 Å². The highest BCUT2D eigenvalue weighted by molar-refractivity contribution is 8.00. The molecule has 2 atom stereocenters. The zero-order valence-electron chi connectivity index (χ0n) is 11.8. The van der Waals surface area contributed by atoms with E-state index >= 15 is 0 Å². The Morgan fingerprint density at radius 3 is 2.76 bits per heavy atom. The van der Waals surface area contributed by atoms with E-state index in [4.69, 9.17) is 5.11 Å². The number of benzene rings is 1. The Bertz CT molecular complexity index is 623. The van der Waals surface area contributed by atoms with Gasteiger partial charge in [-0.05, 0) is 26.0 Å². The number of aromatic nitrogens is 2. The smallest absolute Gasteiger partial charge is 0.325 e. The lowest BCUT2D eigenvalue weighted by Gasteiger charge is -2.11. The van der Waals surface area contributed by atoms with Crippen molar-refractivity contribution in [3.63, 3.8) is 0 Å². The molecule has 0 aliphatic carbocycles. The van der Waals surface area contributed by atoms with Crippen LogP contribution in [0, 0.1) is 0 Å². The van der Waals surface area contributed by atoms with Crippen molar-refractivity contribution in [1.82, 2.24) is 15.3 Å². The summed E-state index contributed by atoms with van der Waals surface area (Å²) >= 11 is 1.41. The number of hydrogen-bond acceptors (Lipinski definition) is 4. The van der Waals surface area contributed by atoms with Gasteiger partial charge in [0.15, 0.2) is 0 Å². The molecule has 2 aromatic rings.